The van der Waals surface area contributed by atoms with E-state index in [1.165, 1.54) is 31.4 Å². The van der Waals surface area contributed by atoms with Gasteiger partial charge in [0, 0.05) is 36.5 Å². The second-order valence-corrected chi connectivity index (χ2v) is 5.58. The molecule has 0 aromatic heterocycles. The summed E-state index contributed by atoms with van der Waals surface area (Å²) in [5.74, 6) is 1.53. The summed E-state index contributed by atoms with van der Waals surface area (Å²) < 4.78 is 0. The van der Waals surface area contributed by atoms with E-state index < -0.39 is 4.92 Å². The molecule has 5 heteroatoms. The number of non-ortho nitro benzene ring substituents is 1. The molecule has 2 fully saturated rings. The van der Waals surface area contributed by atoms with E-state index >= 15 is 0 Å². The third-order valence-corrected chi connectivity index (χ3v) is 4.51. The molecule has 0 bridgehead atoms. The first kappa shape index (κ1) is 12.4. The molecule has 1 saturated heterocycles. The number of nitrogens with zero attached hydrogens (tertiary/aromatic N) is 2. The lowest BCUT2D eigenvalue weighted by molar-refractivity contribution is -0.384. The van der Waals surface area contributed by atoms with Crippen LogP contribution in [0.4, 0.5) is 11.4 Å². The number of fused-ring (bicyclic) bond motifs is 1. The summed E-state index contributed by atoms with van der Waals surface area (Å²) in [6, 6.07) is 4.80. The standard InChI is InChI=1S/C14H18N2O3/c17-9-12-6-13(16(18)19)4-5-14(12)15-7-10-2-1-3-11(10)8-15/h4-6,10-11,17H,1-3,7-9H2. The fraction of sp³-hybridized carbons (Fsp3) is 0.571. The molecule has 1 saturated carbocycles. The molecule has 0 spiro atoms. The number of hydrogen-bond donors (Lipinski definition) is 1. The van der Waals surface area contributed by atoms with E-state index in [2.05, 4.69) is 4.90 Å². The molecular formula is C14H18N2O3. The van der Waals surface area contributed by atoms with Crippen molar-refractivity contribution in [3.8, 4) is 0 Å². The molecule has 102 valence electrons. The monoisotopic (exact) mass is 262 g/mol. The number of anilines is 1. The van der Waals surface area contributed by atoms with Gasteiger partial charge < -0.3 is 10.0 Å². The van der Waals surface area contributed by atoms with E-state index in [1.807, 2.05) is 0 Å². The SMILES string of the molecule is O=[N+]([O-])c1ccc(N2CC3CCCC3C2)c(CO)c1. The van der Waals surface area contributed by atoms with E-state index in [-0.39, 0.29) is 12.3 Å². The molecule has 1 heterocycles. The van der Waals surface area contributed by atoms with Crippen LogP contribution in [0.1, 0.15) is 24.8 Å². The number of benzene rings is 1. The average molecular weight is 262 g/mol. The van der Waals surface area contributed by atoms with Gasteiger partial charge >= 0.3 is 0 Å². The summed E-state index contributed by atoms with van der Waals surface area (Å²) in [5, 5.41) is 20.2. The zero-order valence-corrected chi connectivity index (χ0v) is 10.8. The maximum atomic E-state index is 10.8. The van der Waals surface area contributed by atoms with Gasteiger partial charge in [-0.25, -0.2) is 0 Å². The van der Waals surface area contributed by atoms with Crippen LogP contribution in [-0.4, -0.2) is 23.1 Å². The Kier molecular flexibility index (Phi) is 3.14. The summed E-state index contributed by atoms with van der Waals surface area (Å²) in [4.78, 5) is 12.6. The number of nitro groups is 1. The molecule has 0 radical (unpaired) electrons. The van der Waals surface area contributed by atoms with Crippen LogP contribution in [0.3, 0.4) is 0 Å². The van der Waals surface area contributed by atoms with Crippen molar-refractivity contribution in [3.05, 3.63) is 33.9 Å². The van der Waals surface area contributed by atoms with Gasteiger partial charge in [-0.3, -0.25) is 10.1 Å². The van der Waals surface area contributed by atoms with Gasteiger partial charge in [0.15, 0.2) is 0 Å². The molecule has 1 aromatic rings. The minimum Gasteiger partial charge on any atom is -0.392 e. The van der Waals surface area contributed by atoms with Gasteiger partial charge in [-0.1, -0.05) is 6.42 Å². The van der Waals surface area contributed by atoms with E-state index in [0.29, 0.717) is 5.56 Å². The summed E-state index contributed by atoms with van der Waals surface area (Å²) in [5.41, 5.74) is 1.67. The van der Waals surface area contributed by atoms with E-state index in [1.54, 1.807) is 6.07 Å². The van der Waals surface area contributed by atoms with E-state index in [9.17, 15) is 15.2 Å². The van der Waals surface area contributed by atoms with Gasteiger partial charge in [0.1, 0.15) is 0 Å². The third kappa shape index (κ3) is 2.18. The molecular weight excluding hydrogens is 244 g/mol. The molecule has 0 amide bonds. The van der Waals surface area contributed by atoms with E-state index in [4.69, 9.17) is 0 Å². The Bertz CT molecular complexity index is 491. The topological polar surface area (TPSA) is 66.6 Å². The molecule has 3 rings (SSSR count). The van der Waals surface area contributed by atoms with Gasteiger partial charge in [0.2, 0.25) is 0 Å². The van der Waals surface area contributed by atoms with Gasteiger partial charge in [-0.15, -0.1) is 0 Å². The quantitative estimate of drug-likeness (QED) is 0.670. The molecule has 2 atom stereocenters. The fourth-order valence-corrected chi connectivity index (χ4v) is 3.55. The Balaban J connectivity index is 1.86. The summed E-state index contributed by atoms with van der Waals surface area (Å²) in [7, 11) is 0. The van der Waals surface area contributed by atoms with Crippen LogP contribution >= 0.6 is 0 Å². The Morgan fingerprint density at radius 3 is 2.58 bits per heavy atom. The molecule has 5 nitrogen and oxygen atoms in total. The molecule has 19 heavy (non-hydrogen) atoms. The molecule has 1 aromatic carbocycles. The van der Waals surface area contributed by atoms with Gasteiger partial charge in [-0.05, 0) is 30.7 Å². The van der Waals surface area contributed by atoms with Gasteiger partial charge in [0.25, 0.3) is 5.69 Å². The van der Waals surface area contributed by atoms with Crippen molar-refractivity contribution in [2.24, 2.45) is 11.8 Å². The predicted octanol–water partition coefficient (Wildman–Crippen LogP) is 2.32. The molecule has 2 unspecified atom stereocenters. The Hall–Kier alpha value is -1.62. The summed E-state index contributed by atoms with van der Waals surface area (Å²) >= 11 is 0. The largest absolute Gasteiger partial charge is 0.392 e. The third-order valence-electron chi connectivity index (χ3n) is 4.51. The average Bonchev–Trinajstić information content (AvgIpc) is 2.98. The van der Waals surface area contributed by atoms with Crippen molar-refractivity contribution >= 4 is 11.4 Å². The predicted molar refractivity (Wildman–Crippen MR) is 72.1 cm³/mol. The highest BCUT2D eigenvalue weighted by Crippen LogP contribution is 2.40. The zero-order chi connectivity index (χ0) is 13.4. The van der Waals surface area contributed by atoms with Crippen molar-refractivity contribution in [2.45, 2.75) is 25.9 Å². The van der Waals surface area contributed by atoms with Crippen LogP contribution < -0.4 is 4.90 Å². The highest BCUT2D eigenvalue weighted by molar-refractivity contribution is 5.58. The molecule has 1 aliphatic heterocycles. The first-order valence-electron chi connectivity index (χ1n) is 6.82. The first-order valence-corrected chi connectivity index (χ1v) is 6.82. The minimum absolute atomic E-state index is 0.0483. The van der Waals surface area contributed by atoms with E-state index in [0.717, 1.165) is 30.6 Å². The van der Waals surface area contributed by atoms with Crippen LogP contribution in [0.25, 0.3) is 0 Å². The number of rotatable bonds is 3. The second-order valence-electron chi connectivity index (χ2n) is 5.58. The Morgan fingerprint density at radius 2 is 2.00 bits per heavy atom. The number of aliphatic hydroxyl groups is 1. The molecule has 1 N–H and O–H groups in total. The summed E-state index contributed by atoms with van der Waals surface area (Å²) in [6.45, 7) is 1.90. The number of nitro benzene ring substituents is 1. The van der Waals surface area contributed by atoms with Crippen LogP contribution in [0.5, 0.6) is 0 Å². The molecule has 2 aliphatic rings. The van der Waals surface area contributed by atoms with Crippen molar-refractivity contribution in [1.82, 2.24) is 0 Å². The highest BCUT2D eigenvalue weighted by Gasteiger charge is 2.36. The zero-order valence-electron chi connectivity index (χ0n) is 10.8. The highest BCUT2D eigenvalue weighted by atomic mass is 16.6. The normalized spacial score (nSPS) is 25.6. The smallest absolute Gasteiger partial charge is 0.269 e. The van der Waals surface area contributed by atoms with Crippen molar-refractivity contribution < 1.29 is 10.0 Å². The second kappa shape index (κ2) is 4.81. The lowest BCUT2D eigenvalue weighted by Gasteiger charge is -2.22. The number of aliphatic hydroxyl groups excluding tert-OH is 1. The van der Waals surface area contributed by atoms with Crippen molar-refractivity contribution in [1.29, 1.82) is 0 Å². The number of hydrogen-bond acceptors (Lipinski definition) is 4. The Morgan fingerprint density at radius 1 is 1.32 bits per heavy atom. The van der Waals surface area contributed by atoms with Gasteiger partial charge in [0.05, 0.1) is 11.5 Å². The van der Waals surface area contributed by atoms with Crippen LogP contribution in [0.2, 0.25) is 0 Å². The van der Waals surface area contributed by atoms with Crippen molar-refractivity contribution in [3.63, 3.8) is 0 Å². The maximum absolute atomic E-state index is 10.8. The van der Waals surface area contributed by atoms with Gasteiger partial charge in [-0.2, -0.15) is 0 Å². The minimum atomic E-state index is -0.415. The Labute approximate surface area is 112 Å². The van der Waals surface area contributed by atoms with Crippen LogP contribution in [-0.2, 0) is 6.61 Å². The lowest BCUT2D eigenvalue weighted by Crippen LogP contribution is -2.22. The van der Waals surface area contributed by atoms with Crippen molar-refractivity contribution in [2.75, 3.05) is 18.0 Å². The summed E-state index contributed by atoms with van der Waals surface area (Å²) in [6.07, 6.45) is 3.92. The van der Waals surface area contributed by atoms with Crippen LogP contribution in [0.15, 0.2) is 18.2 Å². The first-order chi connectivity index (χ1) is 9.19. The maximum Gasteiger partial charge on any atom is 0.269 e. The van der Waals surface area contributed by atoms with Crippen LogP contribution in [0, 0.1) is 22.0 Å². The lowest BCUT2D eigenvalue weighted by atomic mass is 10.0. The molecule has 1 aliphatic carbocycles. The fourth-order valence-electron chi connectivity index (χ4n) is 3.55.